The monoisotopic (exact) mass is 347 g/mol. The largest absolute Gasteiger partial charge is 0.419 e. The predicted molar refractivity (Wildman–Crippen MR) is 71.6 cm³/mol. The van der Waals surface area contributed by atoms with Gasteiger partial charge < -0.3 is 5.73 Å². The van der Waals surface area contributed by atoms with Gasteiger partial charge in [0, 0.05) is 4.47 Å². The zero-order valence-corrected chi connectivity index (χ0v) is 11.7. The summed E-state index contributed by atoms with van der Waals surface area (Å²) in [6.45, 7) is 0. The zero-order valence-electron chi connectivity index (χ0n) is 10.1. The van der Waals surface area contributed by atoms with Crippen LogP contribution < -0.4 is 5.73 Å². The van der Waals surface area contributed by atoms with Crippen LogP contribution in [-0.2, 0) is 6.18 Å². The van der Waals surface area contributed by atoms with Crippen molar-refractivity contribution in [2.75, 3.05) is 0 Å². The van der Waals surface area contributed by atoms with E-state index < -0.39 is 23.6 Å². The van der Waals surface area contributed by atoms with Crippen LogP contribution in [-0.4, -0.2) is 0 Å². The molecule has 0 aliphatic carbocycles. The number of benzene rings is 2. The van der Waals surface area contributed by atoms with Crippen molar-refractivity contribution in [3.8, 4) is 0 Å². The molecule has 2 N–H and O–H groups in total. The van der Waals surface area contributed by atoms with Crippen molar-refractivity contribution in [1.29, 1.82) is 0 Å². The molecule has 0 radical (unpaired) electrons. The lowest BCUT2D eigenvalue weighted by Gasteiger charge is -2.16. The van der Waals surface area contributed by atoms with E-state index in [-0.39, 0.29) is 5.56 Å². The van der Waals surface area contributed by atoms with Crippen LogP contribution in [0.2, 0.25) is 0 Å². The molecule has 0 aliphatic heterocycles. The normalized spacial score (nSPS) is 13.3. The topological polar surface area (TPSA) is 26.0 Å². The minimum atomic E-state index is -4.74. The SMILES string of the molecule is NC(c1ccc(F)c(C(F)(F)F)c1)c1ccccc1Br. The Labute approximate surface area is 121 Å². The minimum absolute atomic E-state index is 0.200. The van der Waals surface area contributed by atoms with E-state index in [1.807, 2.05) is 0 Å². The molecule has 6 heteroatoms. The van der Waals surface area contributed by atoms with Gasteiger partial charge in [0.2, 0.25) is 0 Å². The molecule has 0 heterocycles. The van der Waals surface area contributed by atoms with Crippen LogP contribution in [0, 0.1) is 5.82 Å². The number of alkyl halides is 3. The highest BCUT2D eigenvalue weighted by Crippen LogP contribution is 2.34. The maximum absolute atomic E-state index is 13.2. The Hall–Kier alpha value is -1.40. The van der Waals surface area contributed by atoms with Gasteiger partial charge in [0.25, 0.3) is 0 Å². The van der Waals surface area contributed by atoms with Crippen LogP contribution in [0.4, 0.5) is 17.6 Å². The standard InChI is InChI=1S/C14H10BrF4N/c15-11-4-2-1-3-9(11)13(20)8-5-6-12(16)10(7-8)14(17,18)19/h1-7,13H,20H2. The van der Waals surface area contributed by atoms with Crippen LogP contribution in [0.15, 0.2) is 46.9 Å². The minimum Gasteiger partial charge on any atom is -0.320 e. The van der Waals surface area contributed by atoms with Gasteiger partial charge in [-0.05, 0) is 29.3 Å². The molecule has 1 atom stereocenters. The Morgan fingerprint density at radius 1 is 1.05 bits per heavy atom. The van der Waals surface area contributed by atoms with E-state index in [1.54, 1.807) is 24.3 Å². The molecule has 0 aromatic heterocycles. The zero-order chi connectivity index (χ0) is 14.9. The van der Waals surface area contributed by atoms with Crippen molar-refractivity contribution in [1.82, 2.24) is 0 Å². The van der Waals surface area contributed by atoms with E-state index in [9.17, 15) is 17.6 Å². The van der Waals surface area contributed by atoms with Gasteiger partial charge in [-0.1, -0.05) is 40.2 Å². The smallest absolute Gasteiger partial charge is 0.320 e. The molecule has 1 unspecified atom stereocenters. The highest BCUT2D eigenvalue weighted by molar-refractivity contribution is 9.10. The van der Waals surface area contributed by atoms with Crippen molar-refractivity contribution in [3.05, 3.63) is 69.4 Å². The second-order valence-electron chi connectivity index (χ2n) is 4.24. The average molecular weight is 348 g/mol. The third kappa shape index (κ3) is 3.02. The van der Waals surface area contributed by atoms with Gasteiger partial charge in [-0.25, -0.2) is 4.39 Å². The Bertz CT molecular complexity index is 625. The first-order valence-corrected chi connectivity index (χ1v) is 6.46. The summed E-state index contributed by atoms with van der Waals surface area (Å²) in [6, 6.07) is 8.96. The van der Waals surface area contributed by atoms with E-state index in [4.69, 9.17) is 5.73 Å². The summed E-state index contributed by atoms with van der Waals surface area (Å²) in [6.07, 6.45) is -4.74. The molecule has 20 heavy (non-hydrogen) atoms. The fraction of sp³-hybridized carbons (Fsp3) is 0.143. The third-order valence-electron chi connectivity index (χ3n) is 2.90. The fourth-order valence-electron chi connectivity index (χ4n) is 1.86. The summed E-state index contributed by atoms with van der Waals surface area (Å²) < 4.78 is 52.0. The quantitative estimate of drug-likeness (QED) is 0.786. The molecule has 0 aliphatic rings. The molecule has 0 saturated carbocycles. The second-order valence-corrected chi connectivity index (χ2v) is 5.09. The number of rotatable bonds is 2. The van der Waals surface area contributed by atoms with E-state index in [2.05, 4.69) is 15.9 Å². The summed E-state index contributed by atoms with van der Waals surface area (Å²) in [5, 5.41) is 0. The summed E-state index contributed by atoms with van der Waals surface area (Å²) in [5.74, 6) is -1.31. The summed E-state index contributed by atoms with van der Waals surface area (Å²) in [5.41, 5.74) is 5.48. The van der Waals surface area contributed by atoms with E-state index in [1.165, 1.54) is 6.07 Å². The highest BCUT2D eigenvalue weighted by Gasteiger charge is 2.34. The molecule has 106 valence electrons. The molecule has 0 spiro atoms. The van der Waals surface area contributed by atoms with Gasteiger partial charge in [-0.3, -0.25) is 0 Å². The van der Waals surface area contributed by atoms with Crippen molar-refractivity contribution in [2.24, 2.45) is 5.73 Å². The van der Waals surface area contributed by atoms with Crippen LogP contribution in [0.25, 0.3) is 0 Å². The van der Waals surface area contributed by atoms with Gasteiger partial charge in [0.15, 0.2) is 0 Å². The molecule has 0 bridgehead atoms. The lowest BCUT2D eigenvalue weighted by atomic mass is 9.97. The third-order valence-corrected chi connectivity index (χ3v) is 3.62. The highest BCUT2D eigenvalue weighted by atomic mass is 79.9. The van der Waals surface area contributed by atoms with Gasteiger partial charge in [-0.15, -0.1) is 0 Å². The first-order chi connectivity index (χ1) is 9.30. The van der Waals surface area contributed by atoms with Gasteiger partial charge in [0.1, 0.15) is 5.82 Å². The molecule has 2 aromatic rings. The van der Waals surface area contributed by atoms with Crippen LogP contribution >= 0.6 is 15.9 Å². The Morgan fingerprint density at radius 3 is 2.30 bits per heavy atom. The Kier molecular flexibility index (Phi) is 4.15. The Balaban J connectivity index is 2.46. The molecule has 2 rings (SSSR count). The summed E-state index contributed by atoms with van der Waals surface area (Å²) in [7, 11) is 0. The first kappa shape index (κ1) is 15.0. The predicted octanol–water partition coefficient (Wildman–Crippen LogP) is 4.66. The molecular formula is C14H10BrF4N. The molecule has 0 fully saturated rings. The molecular weight excluding hydrogens is 338 g/mol. The van der Waals surface area contributed by atoms with Crippen LogP contribution in [0.5, 0.6) is 0 Å². The lowest BCUT2D eigenvalue weighted by Crippen LogP contribution is -2.15. The maximum Gasteiger partial charge on any atom is 0.419 e. The average Bonchev–Trinajstić information content (AvgIpc) is 2.37. The van der Waals surface area contributed by atoms with Crippen molar-refractivity contribution >= 4 is 15.9 Å². The molecule has 2 aromatic carbocycles. The van der Waals surface area contributed by atoms with Gasteiger partial charge >= 0.3 is 6.18 Å². The Morgan fingerprint density at radius 2 is 1.70 bits per heavy atom. The number of nitrogens with two attached hydrogens (primary N) is 1. The molecule has 1 nitrogen and oxygen atoms in total. The van der Waals surface area contributed by atoms with Crippen LogP contribution in [0.3, 0.4) is 0 Å². The molecule has 0 amide bonds. The van der Waals surface area contributed by atoms with Gasteiger partial charge in [0.05, 0.1) is 11.6 Å². The molecule has 0 saturated heterocycles. The lowest BCUT2D eigenvalue weighted by molar-refractivity contribution is -0.140. The van der Waals surface area contributed by atoms with Crippen molar-refractivity contribution in [3.63, 3.8) is 0 Å². The van der Waals surface area contributed by atoms with Crippen molar-refractivity contribution < 1.29 is 17.6 Å². The second kappa shape index (κ2) is 5.54. The van der Waals surface area contributed by atoms with Crippen molar-refractivity contribution in [2.45, 2.75) is 12.2 Å². The summed E-state index contributed by atoms with van der Waals surface area (Å²) in [4.78, 5) is 0. The number of hydrogen-bond donors (Lipinski definition) is 1. The van der Waals surface area contributed by atoms with Crippen LogP contribution in [0.1, 0.15) is 22.7 Å². The first-order valence-electron chi connectivity index (χ1n) is 5.67. The number of hydrogen-bond acceptors (Lipinski definition) is 1. The van der Waals surface area contributed by atoms with E-state index in [0.717, 1.165) is 12.1 Å². The fourth-order valence-corrected chi connectivity index (χ4v) is 2.39. The maximum atomic E-state index is 13.2. The van der Waals surface area contributed by atoms with Gasteiger partial charge in [-0.2, -0.15) is 13.2 Å². The summed E-state index contributed by atoms with van der Waals surface area (Å²) >= 11 is 3.29. The van der Waals surface area contributed by atoms with E-state index >= 15 is 0 Å². The number of halogens is 5. The van der Waals surface area contributed by atoms with E-state index in [0.29, 0.717) is 10.0 Å².